The van der Waals surface area contributed by atoms with Crippen LogP contribution in [0.5, 0.6) is 0 Å². The monoisotopic (exact) mass is 326 g/mol. The second kappa shape index (κ2) is 6.20. The predicted octanol–water partition coefficient (Wildman–Crippen LogP) is 2.90. The highest BCUT2D eigenvalue weighted by atomic mass is 16.2. The molecule has 4 rings (SSSR count). The fourth-order valence-electron chi connectivity index (χ4n) is 4.33. The molecule has 0 aliphatic carbocycles. The number of benzene rings is 1. The van der Waals surface area contributed by atoms with Crippen molar-refractivity contribution < 1.29 is 4.79 Å². The molecule has 0 unspecified atom stereocenters. The summed E-state index contributed by atoms with van der Waals surface area (Å²) in [7, 11) is 2.21. The molecular formula is C19H26N4O. The number of amides is 1. The van der Waals surface area contributed by atoms with Crippen molar-refractivity contribution in [3.8, 4) is 0 Å². The van der Waals surface area contributed by atoms with Crippen molar-refractivity contribution in [2.24, 2.45) is 5.41 Å². The van der Waals surface area contributed by atoms with E-state index in [1.807, 2.05) is 29.2 Å². The highest BCUT2D eigenvalue weighted by molar-refractivity contribution is 6.04. The highest BCUT2D eigenvalue weighted by Crippen LogP contribution is 2.41. The Morgan fingerprint density at radius 2 is 1.83 bits per heavy atom. The van der Waals surface area contributed by atoms with E-state index in [2.05, 4.69) is 22.1 Å². The summed E-state index contributed by atoms with van der Waals surface area (Å²) in [6, 6.07) is 7.87. The summed E-state index contributed by atoms with van der Waals surface area (Å²) >= 11 is 0. The number of fused-ring (bicyclic) bond motifs is 1. The molecule has 0 saturated carbocycles. The summed E-state index contributed by atoms with van der Waals surface area (Å²) in [4.78, 5) is 17.4. The number of carbonyl (C=O) groups excluding carboxylic acids is 1. The topological polar surface area (TPSA) is 52.2 Å². The molecule has 0 atom stereocenters. The third-order valence-corrected chi connectivity index (χ3v) is 6.06. The van der Waals surface area contributed by atoms with E-state index < -0.39 is 0 Å². The molecule has 1 spiro atoms. The fraction of sp³-hybridized carbons (Fsp3) is 0.579. The minimum atomic E-state index is 0.0810. The first-order valence-electron chi connectivity index (χ1n) is 9.08. The average molecular weight is 326 g/mol. The molecule has 1 N–H and O–H groups in total. The Balaban J connectivity index is 1.50. The second-order valence-electron chi connectivity index (χ2n) is 7.57. The smallest absolute Gasteiger partial charge is 0.274 e. The molecular weight excluding hydrogens is 300 g/mol. The van der Waals surface area contributed by atoms with E-state index in [1.165, 1.54) is 32.4 Å². The zero-order chi connectivity index (χ0) is 16.6. The number of aromatic amines is 1. The van der Waals surface area contributed by atoms with Crippen molar-refractivity contribution in [2.45, 2.75) is 32.1 Å². The van der Waals surface area contributed by atoms with Gasteiger partial charge >= 0.3 is 0 Å². The van der Waals surface area contributed by atoms with Gasteiger partial charge in [0.1, 0.15) is 0 Å². The van der Waals surface area contributed by atoms with E-state index in [1.54, 1.807) is 0 Å². The summed E-state index contributed by atoms with van der Waals surface area (Å²) in [5, 5.41) is 8.21. The number of likely N-dealkylation sites (tertiary alicyclic amines) is 2. The summed E-state index contributed by atoms with van der Waals surface area (Å²) in [6.45, 7) is 4.11. The number of aromatic nitrogens is 2. The molecule has 2 aliphatic rings. The summed E-state index contributed by atoms with van der Waals surface area (Å²) < 4.78 is 0. The number of nitrogens with zero attached hydrogens (tertiary/aromatic N) is 3. The average Bonchev–Trinajstić information content (AvgIpc) is 2.93. The number of carbonyl (C=O) groups is 1. The number of rotatable bonds is 1. The van der Waals surface area contributed by atoms with Gasteiger partial charge in [-0.1, -0.05) is 18.2 Å². The molecule has 2 fully saturated rings. The molecule has 0 radical (unpaired) electrons. The Bertz CT molecular complexity index is 730. The Kier molecular flexibility index (Phi) is 4.04. The van der Waals surface area contributed by atoms with Gasteiger partial charge in [0.15, 0.2) is 5.69 Å². The number of nitrogens with one attached hydrogen (secondary N) is 1. The van der Waals surface area contributed by atoms with Crippen LogP contribution in [-0.4, -0.2) is 59.1 Å². The second-order valence-corrected chi connectivity index (χ2v) is 7.57. The van der Waals surface area contributed by atoms with Crippen LogP contribution in [-0.2, 0) is 0 Å². The minimum Gasteiger partial charge on any atom is -0.337 e. The van der Waals surface area contributed by atoms with Crippen molar-refractivity contribution in [1.29, 1.82) is 0 Å². The van der Waals surface area contributed by atoms with Crippen LogP contribution in [0.4, 0.5) is 0 Å². The zero-order valence-corrected chi connectivity index (χ0v) is 14.4. The lowest BCUT2D eigenvalue weighted by Gasteiger charge is -2.40. The van der Waals surface area contributed by atoms with Crippen LogP contribution < -0.4 is 0 Å². The Hall–Kier alpha value is -1.88. The van der Waals surface area contributed by atoms with E-state index in [4.69, 9.17) is 0 Å². The van der Waals surface area contributed by atoms with Gasteiger partial charge in [0, 0.05) is 18.5 Å². The molecule has 2 aliphatic heterocycles. The largest absolute Gasteiger partial charge is 0.337 e. The van der Waals surface area contributed by atoms with Crippen LogP contribution >= 0.6 is 0 Å². The van der Waals surface area contributed by atoms with Crippen LogP contribution in [0.1, 0.15) is 42.6 Å². The Morgan fingerprint density at radius 1 is 1.08 bits per heavy atom. The lowest BCUT2D eigenvalue weighted by molar-refractivity contribution is 0.0730. The fourth-order valence-corrected chi connectivity index (χ4v) is 4.33. The lowest BCUT2D eigenvalue weighted by atomic mass is 9.73. The van der Waals surface area contributed by atoms with E-state index in [-0.39, 0.29) is 5.91 Å². The molecule has 128 valence electrons. The van der Waals surface area contributed by atoms with Crippen LogP contribution in [0.3, 0.4) is 0 Å². The maximum atomic E-state index is 13.0. The summed E-state index contributed by atoms with van der Waals surface area (Å²) in [5.74, 6) is 0.0810. The molecule has 2 aromatic rings. The molecule has 1 aromatic carbocycles. The first-order valence-corrected chi connectivity index (χ1v) is 9.08. The predicted molar refractivity (Wildman–Crippen MR) is 95.0 cm³/mol. The lowest BCUT2D eigenvalue weighted by Crippen LogP contribution is -2.39. The van der Waals surface area contributed by atoms with Crippen molar-refractivity contribution >= 4 is 16.8 Å². The summed E-state index contributed by atoms with van der Waals surface area (Å²) in [6.07, 6.45) is 6.05. The summed E-state index contributed by atoms with van der Waals surface area (Å²) in [5.41, 5.74) is 1.96. The standard InChI is InChI=1S/C19H26N4O/c1-22-12-8-19(9-13-22)7-4-11-23(14-10-19)18(24)17-15-5-2-3-6-16(15)20-21-17/h2-3,5-6H,4,7-14H2,1H3,(H,20,21). The number of piperidine rings is 1. The quantitative estimate of drug-likeness (QED) is 0.877. The van der Waals surface area contributed by atoms with Crippen molar-refractivity contribution in [3.63, 3.8) is 0 Å². The Morgan fingerprint density at radius 3 is 2.67 bits per heavy atom. The first kappa shape index (κ1) is 15.6. The Labute approximate surface area is 143 Å². The van der Waals surface area contributed by atoms with Crippen molar-refractivity contribution in [2.75, 3.05) is 33.2 Å². The van der Waals surface area contributed by atoms with E-state index in [0.717, 1.165) is 36.8 Å². The molecule has 5 heteroatoms. The van der Waals surface area contributed by atoms with Gasteiger partial charge in [-0.15, -0.1) is 0 Å². The molecule has 5 nitrogen and oxygen atoms in total. The van der Waals surface area contributed by atoms with Gasteiger partial charge in [0.05, 0.1) is 5.52 Å². The van der Waals surface area contributed by atoms with Gasteiger partial charge in [-0.25, -0.2) is 0 Å². The molecule has 1 aromatic heterocycles. The van der Waals surface area contributed by atoms with E-state index in [0.29, 0.717) is 11.1 Å². The van der Waals surface area contributed by atoms with Crippen LogP contribution in [0.2, 0.25) is 0 Å². The highest BCUT2D eigenvalue weighted by Gasteiger charge is 2.36. The minimum absolute atomic E-state index is 0.0810. The molecule has 1 amide bonds. The van der Waals surface area contributed by atoms with Gasteiger partial charge in [-0.2, -0.15) is 5.10 Å². The molecule has 3 heterocycles. The molecule has 24 heavy (non-hydrogen) atoms. The van der Waals surface area contributed by atoms with Gasteiger partial charge in [-0.3, -0.25) is 9.89 Å². The zero-order valence-electron chi connectivity index (χ0n) is 14.4. The number of hydrogen-bond donors (Lipinski definition) is 1. The first-order chi connectivity index (χ1) is 11.7. The molecule has 0 bridgehead atoms. The number of H-pyrrole nitrogens is 1. The van der Waals surface area contributed by atoms with Crippen LogP contribution in [0, 0.1) is 5.41 Å². The van der Waals surface area contributed by atoms with Gasteiger partial charge in [-0.05, 0) is 63.7 Å². The van der Waals surface area contributed by atoms with E-state index in [9.17, 15) is 4.79 Å². The van der Waals surface area contributed by atoms with Gasteiger partial charge < -0.3 is 9.80 Å². The third kappa shape index (κ3) is 2.81. The maximum Gasteiger partial charge on any atom is 0.274 e. The van der Waals surface area contributed by atoms with Crippen LogP contribution in [0.15, 0.2) is 24.3 Å². The van der Waals surface area contributed by atoms with Gasteiger partial charge in [0.2, 0.25) is 0 Å². The van der Waals surface area contributed by atoms with Crippen LogP contribution in [0.25, 0.3) is 10.9 Å². The van der Waals surface area contributed by atoms with Gasteiger partial charge in [0.25, 0.3) is 5.91 Å². The maximum absolute atomic E-state index is 13.0. The molecule has 2 saturated heterocycles. The number of para-hydroxylation sites is 1. The normalized spacial score (nSPS) is 22.0. The number of hydrogen-bond acceptors (Lipinski definition) is 3. The van der Waals surface area contributed by atoms with Crippen molar-refractivity contribution in [1.82, 2.24) is 20.0 Å². The van der Waals surface area contributed by atoms with Crippen molar-refractivity contribution in [3.05, 3.63) is 30.0 Å². The third-order valence-electron chi connectivity index (χ3n) is 6.06. The van der Waals surface area contributed by atoms with E-state index >= 15 is 0 Å². The SMILES string of the molecule is CN1CCC2(CCCN(C(=O)c3n[nH]c4ccccc34)CC2)CC1.